The highest BCUT2D eigenvalue weighted by Gasteiger charge is 2.20. The molecule has 4 rings (SSSR count). The molecule has 0 saturated carbocycles. The summed E-state index contributed by atoms with van der Waals surface area (Å²) in [5.41, 5.74) is 11.8. The number of benzene rings is 2. The maximum atomic E-state index is 13.2. The number of amides is 2. The third kappa shape index (κ3) is 7.37. The molecule has 0 unspecified atom stereocenters. The number of thiazole rings is 1. The minimum Gasteiger partial charge on any atom is -0.375 e. The van der Waals surface area contributed by atoms with E-state index in [1.165, 1.54) is 23.1 Å². The predicted octanol–water partition coefficient (Wildman–Crippen LogP) is 4.87. The number of thioether (sulfide) groups is 1. The fourth-order valence-corrected chi connectivity index (χ4v) is 5.14. The first-order valence-electron chi connectivity index (χ1n) is 11.7. The summed E-state index contributed by atoms with van der Waals surface area (Å²) in [6.07, 6.45) is 0. The van der Waals surface area contributed by atoms with Crippen molar-refractivity contribution < 1.29 is 9.59 Å². The number of hydrogen-bond acceptors (Lipinski definition) is 8. The fraction of sp³-hybridized carbons (Fsp3) is 0.222. The molecule has 8 nitrogen and oxygen atoms in total. The molecule has 0 bridgehead atoms. The summed E-state index contributed by atoms with van der Waals surface area (Å²) in [6.45, 7) is 6.04. The van der Waals surface area contributed by atoms with Gasteiger partial charge in [-0.05, 0) is 50.1 Å². The Hall–Kier alpha value is -3.76. The van der Waals surface area contributed by atoms with Crippen molar-refractivity contribution in [2.75, 3.05) is 23.3 Å². The van der Waals surface area contributed by atoms with Crippen molar-refractivity contribution in [3.63, 3.8) is 0 Å². The van der Waals surface area contributed by atoms with Crippen molar-refractivity contribution in [2.45, 2.75) is 32.5 Å². The van der Waals surface area contributed by atoms with Crippen LogP contribution >= 0.6 is 23.1 Å². The monoisotopic (exact) mass is 532 g/mol. The molecule has 10 heteroatoms. The van der Waals surface area contributed by atoms with Crippen LogP contribution < -0.4 is 11.1 Å². The quantitative estimate of drug-likeness (QED) is 0.234. The molecule has 0 spiro atoms. The molecular formula is C27H28N6O2S2. The van der Waals surface area contributed by atoms with E-state index in [2.05, 4.69) is 20.3 Å². The lowest BCUT2D eigenvalue weighted by molar-refractivity contribution is -0.133. The molecule has 0 atom stereocenters. The molecule has 4 aromatic rings. The minimum absolute atomic E-state index is 0.0776. The van der Waals surface area contributed by atoms with Crippen LogP contribution in [0.2, 0.25) is 0 Å². The lowest BCUT2D eigenvalue weighted by Crippen LogP contribution is -2.38. The molecule has 2 amide bonds. The van der Waals surface area contributed by atoms with Crippen LogP contribution in [0.3, 0.4) is 0 Å². The zero-order chi connectivity index (χ0) is 26.4. The molecule has 3 N–H and O–H groups in total. The molecule has 0 aliphatic carbocycles. The number of nitrogens with zero attached hydrogens (tertiary/aromatic N) is 4. The van der Waals surface area contributed by atoms with Gasteiger partial charge in [-0.1, -0.05) is 48.2 Å². The Bertz CT molecular complexity index is 1380. The number of aromatic nitrogens is 3. The Morgan fingerprint density at radius 2 is 1.70 bits per heavy atom. The maximum Gasteiger partial charge on any atom is 0.244 e. The number of nitrogens with one attached hydrogen (secondary N) is 1. The third-order valence-corrected chi connectivity index (χ3v) is 7.09. The normalized spacial score (nSPS) is 10.8. The van der Waals surface area contributed by atoms with Crippen molar-refractivity contribution in [3.8, 4) is 11.3 Å². The third-order valence-electron chi connectivity index (χ3n) is 5.58. The predicted molar refractivity (Wildman–Crippen MR) is 149 cm³/mol. The number of carbonyl (C=O) groups is 2. The molecule has 0 aliphatic heterocycles. The number of rotatable bonds is 9. The molecule has 2 aromatic heterocycles. The molecule has 190 valence electrons. The van der Waals surface area contributed by atoms with Gasteiger partial charge in [0.25, 0.3) is 0 Å². The van der Waals surface area contributed by atoms with Crippen LogP contribution in [-0.2, 0) is 16.1 Å². The molecule has 2 heterocycles. The van der Waals surface area contributed by atoms with E-state index in [-0.39, 0.29) is 24.1 Å². The summed E-state index contributed by atoms with van der Waals surface area (Å²) < 4.78 is 0. The first-order valence-corrected chi connectivity index (χ1v) is 13.5. The maximum absolute atomic E-state index is 13.2. The van der Waals surface area contributed by atoms with E-state index in [1.807, 2.05) is 80.7 Å². The van der Waals surface area contributed by atoms with E-state index in [0.717, 1.165) is 33.8 Å². The van der Waals surface area contributed by atoms with Gasteiger partial charge in [-0.25, -0.2) is 15.0 Å². The van der Waals surface area contributed by atoms with Crippen molar-refractivity contribution >= 4 is 45.7 Å². The van der Waals surface area contributed by atoms with Gasteiger partial charge in [-0.2, -0.15) is 0 Å². The molecule has 2 aromatic carbocycles. The zero-order valence-corrected chi connectivity index (χ0v) is 22.5. The van der Waals surface area contributed by atoms with Crippen molar-refractivity contribution in [1.82, 2.24) is 19.9 Å². The highest BCUT2D eigenvalue weighted by Crippen LogP contribution is 2.24. The second-order valence-corrected chi connectivity index (χ2v) is 10.4. The fourth-order valence-electron chi connectivity index (χ4n) is 3.72. The minimum atomic E-state index is -0.278. The van der Waals surface area contributed by atoms with E-state index in [0.29, 0.717) is 22.5 Å². The van der Waals surface area contributed by atoms with E-state index < -0.39 is 0 Å². The van der Waals surface area contributed by atoms with Crippen LogP contribution in [0.5, 0.6) is 0 Å². The number of hydrogen-bond donors (Lipinski definition) is 2. The lowest BCUT2D eigenvalue weighted by Gasteiger charge is -2.23. The highest BCUT2D eigenvalue weighted by atomic mass is 32.2. The summed E-state index contributed by atoms with van der Waals surface area (Å²) in [5.74, 6) is -0.309. The molecule has 0 aliphatic rings. The van der Waals surface area contributed by atoms with Crippen LogP contribution in [-0.4, -0.2) is 44.0 Å². The van der Waals surface area contributed by atoms with E-state index in [9.17, 15) is 9.59 Å². The van der Waals surface area contributed by atoms with Crippen molar-refractivity contribution in [2.24, 2.45) is 0 Å². The van der Waals surface area contributed by atoms with Gasteiger partial charge in [0.2, 0.25) is 11.8 Å². The Morgan fingerprint density at radius 3 is 2.35 bits per heavy atom. The second kappa shape index (κ2) is 12.0. The van der Waals surface area contributed by atoms with Gasteiger partial charge in [0.1, 0.15) is 6.54 Å². The molecule has 0 fully saturated rings. The Balaban J connectivity index is 1.44. The van der Waals surface area contributed by atoms with E-state index in [1.54, 1.807) is 4.90 Å². The summed E-state index contributed by atoms with van der Waals surface area (Å²) in [5, 5.41) is 5.84. The summed E-state index contributed by atoms with van der Waals surface area (Å²) in [6, 6.07) is 17.1. The van der Waals surface area contributed by atoms with Crippen LogP contribution in [0.25, 0.3) is 11.3 Å². The first-order chi connectivity index (χ1) is 17.8. The van der Waals surface area contributed by atoms with Gasteiger partial charge in [-0.3, -0.25) is 9.59 Å². The summed E-state index contributed by atoms with van der Waals surface area (Å²) >= 11 is 2.65. The van der Waals surface area contributed by atoms with Gasteiger partial charge in [0, 0.05) is 34.6 Å². The van der Waals surface area contributed by atoms with Crippen molar-refractivity contribution in [1.29, 1.82) is 0 Å². The Morgan fingerprint density at radius 1 is 1.00 bits per heavy atom. The van der Waals surface area contributed by atoms with Crippen LogP contribution in [0.4, 0.5) is 10.8 Å². The van der Waals surface area contributed by atoms with Crippen LogP contribution in [0.15, 0.2) is 65.1 Å². The molecule has 0 saturated heterocycles. The van der Waals surface area contributed by atoms with Gasteiger partial charge in [-0.15, -0.1) is 11.3 Å². The average molecular weight is 533 g/mol. The van der Waals surface area contributed by atoms with Crippen LogP contribution in [0, 0.1) is 20.8 Å². The molecular weight excluding hydrogens is 504 g/mol. The topological polar surface area (TPSA) is 114 Å². The van der Waals surface area contributed by atoms with Gasteiger partial charge in [0.05, 0.1) is 11.4 Å². The second-order valence-electron chi connectivity index (χ2n) is 8.59. The summed E-state index contributed by atoms with van der Waals surface area (Å²) in [4.78, 5) is 40.9. The Labute approximate surface area is 224 Å². The van der Waals surface area contributed by atoms with Crippen LogP contribution in [0.1, 0.15) is 22.5 Å². The number of anilines is 2. The number of carbonyl (C=O) groups excluding carboxylic acids is 2. The first kappa shape index (κ1) is 26.3. The standard InChI is InChI=1S/C27H28N6O2S2/c1-17-6-4-5-7-21(17)13-33(25(35)16-37-27-29-18(2)12-19(3)30-27)14-24(34)31-22-10-8-20(9-11-22)23-15-36-26(28)32-23/h4-12,15H,13-14,16H2,1-3H3,(H2,28,32)(H,31,34). The summed E-state index contributed by atoms with van der Waals surface area (Å²) in [7, 11) is 0. The van der Waals surface area contributed by atoms with E-state index in [4.69, 9.17) is 5.73 Å². The van der Waals surface area contributed by atoms with Gasteiger partial charge >= 0.3 is 0 Å². The lowest BCUT2D eigenvalue weighted by atomic mass is 10.1. The van der Waals surface area contributed by atoms with E-state index >= 15 is 0 Å². The smallest absolute Gasteiger partial charge is 0.244 e. The SMILES string of the molecule is Cc1cc(C)nc(SCC(=O)N(CC(=O)Nc2ccc(-c3csc(N)n3)cc2)Cc2ccccc2C)n1. The number of aryl methyl sites for hydroxylation is 3. The number of nitrogens with two attached hydrogens (primary N) is 1. The molecule has 0 radical (unpaired) electrons. The van der Waals surface area contributed by atoms with Gasteiger partial charge in [0.15, 0.2) is 10.3 Å². The largest absolute Gasteiger partial charge is 0.375 e. The van der Waals surface area contributed by atoms with Crippen molar-refractivity contribution in [3.05, 3.63) is 82.5 Å². The van der Waals surface area contributed by atoms with Gasteiger partial charge < -0.3 is 16.0 Å². The molecule has 37 heavy (non-hydrogen) atoms. The number of nitrogen functional groups attached to an aromatic ring is 1. The highest BCUT2D eigenvalue weighted by molar-refractivity contribution is 7.99. The zero-order valence-electron chi connectivity index (χ0n) is 20.9. The Kier molecular flexibility index (Phi) is 8.52. The average Bonchev–Trinajstić information content (AvgIpc) is 3.29.